The summed E-state index contributed by atoms with van der Waals surface area (Å²) in [6.45, 7) is 5.49. The number of aliphatic hydroxyl groups excluding tert-OH is 1. The second-order valence-electron chi connectivity index (χ2n) is 5.69. The summed E-state index contributed by atoms with van der Waals surface area (Å²) in [6, 6.07) is 0.621. The number of aliphatic hydroxyl groups is 1. The van der Waals surface area contributed by atoms with E-state index in [1.165, 1.54) is 12.8 Å². The maximum atomic E-state index is 9.43. The van der Waals surface area contributed by atoms with Gasteiger partial charge in [0, 0.05) is 30.7 Å². The maximum absolute atomic E-state index is 9.43. The van der Waals surface area contributed by atoms with Crippen LogP contribution in [-0.4, -0.2) is 49.7 Å². The van der Waals surface area contributed by atoms with Crippen molar-refractivity contribution in [2.45, 2.75) is 44.2 Å². The van der Waals surface area contributed by atoms with Crippen LogP contribution in [0.25, 0.3) is 0 Å². The standard InChI is InChI=1S/C13H25NO3/c1-13(10-15,14-12-2-3-12)5-7-17-9-11-4-6-16-8-11/h11-12,14-15H,2-10H2,1H3. The molecule has 0 radical (unpaired) electrons. The minimum Gasteiger partial charge on any atom is -0.394 e. The molecule has 1 aliphatic carbocycles. The highest BCUT2D eigenvalue weighted by Gasteiger charge is 2.31. The maximum Gasteiger partial charge on any atom is 0.0611 e. The topological polar surface area (TPSA) is 50.7 Å². The van der Waals surface area contributed by atoms with Crippen LogP contribution in [0, 0.1) is 5.92 Å². The highest BCUT2D eigenvalue weighted by atomic mass is 16.5. The van der Waals surface area contributed by atoms with Crippen LogP contribution in [0.5, 0.6) is 0 Å². The summed E-state index contributed by atoms with van der Waals surface area (Å²) in [5, 5.41) is 12.9. The largest absolute Gasteiger partial charge is 0.394 e. The first-order valence-electron chi connectivity index (χ1n) is 6.76. The fraction of sp³-hybridized carbons (Fsp3) is 1.00. The monoisotopic (exact) mass is 243 g/mol. The Labute approximate surface area is 104 Å². The quantitative estimate of drug-likeness (QED) is 0.623. The van der Waals surface area contributed by atoms with E-state index in [0.29, 0.717) is 18.6 Å². The molecule has 1 aliphatic heterocycles. The van der Waals surface area contributed by atoms with Crippen LogP contribution in [0.15, 0.2) is 0 Å². The van der Waals surface area contributed by atoms with Crippen LogP contribution >= 0.6 is 0 Å². The van der Waals surface area contributed by atoms with Crippen LogP contribution in [0.2, 0.25) is 0 Å². The lowest BCUT2D eigenvalue weighted by atomic mass is 9.99. The molecule has 17 heavy (non-hydrogen) atoms. The van der Waals surface area contributed by atoms with E-state index in [2.05, 4.69) is 12.2 Å². The fourth-order valence-electron chi connectivity index (χ4n) is 2.18. The summed E-state index contributed by atoms with van der Waals surface area (Å²) in [6.07, 6.45) is 4.48. The predicted octanol–water partition coefficient (Wildman–Crippen LogP) is 0.933. The van der Waals surface area contributed by atoms with Gasteiger partial charge in [-0.3, -0.25) is 0 Å². The average molecular weight is 243 g/mol. The first-order valence-corrected chi connectivity index (χ1v) is 6.76. The Morgan fingerprint density at radius 2 is 2.24 bits per heavy atom. The lowest BCUT2D eigenvalue weighted by Gasteiger charge is -2.29. The third kappa shape index (κ3) is 4.54. The molecule has 2 fully saturated rings. The van der Waals surface area contributed by atoms with Gasteiger partial charge in [0.15, 0.2) is 0 Å². The summed E-state index contributed by atoms with van der Waals surface area (Å²) in [5.74, 6) is 0.576. The van der Waals surface area contributed by atoms with Crippen molar-refractivity contribution in [3.8, 4) is 0 Å². The SMILES string of the molecule is CC(CO)(CCOCC1CCOC1)NC1CC1. The molecule has 0 bridgehead atoms. The van der Waals surface area contributed by atoms with Gasteiger partial charge in [-0.05, 0) is 32.6 Å². The lowest BCUT2D eigenvalue weighted by Crippen LogP contribution is -2.47. The molecule has 0 amide bonds. The van der Waals surface area contributed by atoms with Gasteiger partial charge < -0.3 is 19.9 Å². The second-order valence-corrected chi connectivity index (χ2v) is 5.69. The van der Waals surface area contributed by atoms with Gasteiger partial charge >= 0.3 is 0 Å². The van der Waals surface area contributed by atoms with Crippen LogP contribution < -0.4 is 5.32 Å². The van der Waals surface area contributed by atoms with Crippen molar-refractivity contribution in [2.24, 2.45) is 5.92 Å². The molecule has 2 unspecified atom stereocenters. The van der Waals surface area contributed by atoms with E-state index >= 15 is 0 Å². The van der Waals surface area contributed by atoms with Crippen molar-refractivity contribution in [3.05, 3.63) is 0 Å². The van der Waals surface area contributed by atoms with Crippen LogP contribution in [0.4, 0.5) is 0 Å². The number of ether oxygens (including phenoxy) is 2. The molecule has 0 aromatic rings. The zero-order valence-electron chi connectivity index (χ0n) is 10.8. The molecule has 2 atom stereocenters. The zero-order chi connectivity index (χ0) is 12.1. The summed E-state index contributed by atoms with van der Waals surface area (Å²) in [4.78, 5) is 0. The number of hydrogen-bond acceptors (Lipinski definition) is 4. The zero-order valence-corrected chi connectivity index (χ0v) is 10.8. The van der Waals surface area contributed by atoms with Crippen LogP contribution in [0.1, 0.15) is 32.6 Å². The van der Waals surface area contributed by atoms with Gasteiger partial charge in [-0.15, -0.1) is 0 Å². The number of rotatable bonds is 8. The third-order valence-electron chi connectivity index (χ3n) is 3.65. The summed E-state index contributed by atoms with van der Waals surface area (Å²) in [5.41, 5.74) is -0.173. The van der Waals surface area contributed by atoms with E-state index in [1.807, 2.05) is 0 Å². The van der Waals surface area contributed by atoms with Crippen LogP contribution in [-0.2, 0) is 9.47 Å². The second kappa shape index (κ2) is 6.14. The van der Waals surface area contributed by atoms with E-state index in [1.54, 1.807) is 0 Å². The predicted molar refractivity (Wildman–Crippen MR) is 66.0 cm³/mol. The van der Waals surface area contributed by atoms with Crippen molar-refractivity contribution in [1.82, 2.24) is 5.32 Å². The molecule has 4 heteroatoms. The minimum absolute atomic E-state index is 0.173. The molecular formula is C13H25NO3. The molecule has 100 valence electrons. The normalized spacial score (nSPS) is 28.2. The molecule has 2 rings (SSSR count). The molecule has 2 aliphatic rings. The number of hydrogen-bond donors (Lipinski definition) is 2. The van der Waals surface area contributed by atoms with Gasteiger partial charge in [-0.2, -0.15) is 0 Å². The molecule has 1 saturated carbocycles. The van der Waals surface area contributed by atoms with Gasteiger partial charge in [0.1, 0.15) is 0 Å². The molecule has 2 N–H and O–H groups in total. The van der Waals surface area contributed by atoms with Gasteiger partial charge in [0.25, 0.3) is 0 Å². The first-order chi connectivity index (χ1) is 8.22. The van der Waals surface area contributed by atoms with Crippen molar-refractivity contribution in [1.29, 1.82) is 0 Å². The van der Waals surface area contributed by atoms with E-state index in [-0.39, 0.29) is 12.1 Å². The fourth-order valence-corrected chi connectivity index (χ4v) is 2.18. The minimum atomic E-state index is -0.173. The summed E-state index contributed by atoms with van der Waals surface area (Å²) >= 11 is 0. The van der Waals surface area contributed by atoms with Crippen molar-refractivity contribution in [3.63, 3.8) is 0 Å². The molecule has 0 aromatic carbocycles. The van der Waals surface area contributed by atoms with E-state index in [9.17, 15) is 5.11 Å². The van der Waals surface area contributed by atoms with Crippen molar-refractivity contribution in [2.75, 3.05) is 33.0 Å². The Morgan fingerprint density at radius 3 is 2.82 bits per heavy atom. The highest BCUT2D eigenvalue weighted by Crippen LogP contribution is 2.24. The Kier molecular flexibility index (Phi) is 4.79. The van der Waals surface area contributed by atoms with Gasteiger partial charge in [-0.1, -0.05) is 0 Å². The Balaban J connectivity index is 1.58. The summed E-state index contributed by atoms with van der Waals surface area (Å²) < 4.78 is 11.0. The first kappa shape index (κ1) is 13.3. The number of nitrogens with one attached hydrogen (secondary N) is 1. The molecule has 1 heterocycles. The van der Waals surface area contributed by atoms with Crippen molar-refractivity contribution < 1.29 is 14.6 Å². The lowest BCUT2D eigenvalue weighted by molar-refractivity contribution is 0.0618. The van der Waals surface area contributed by atoms with Gasteiger partial charge in [-0.25, -0.2) is 0 Å². The van der Waals surface area contributed by atoms with E-state index < -0.39 is 0 Å². The molecule has 0 spiro atoms. The smallest absolute Gasteiger partial charge is 0.0611 e. The Hall–Kier alpha value is -0.160. The highest BCUT2D eigenvalue weighted by molar-refractivity contribution is 4.92. The van der Waals surface area contributed by atoms with Crippen molar-refractivity contribution >= 4 is 0 Å². The summed E-state index contributed by atoms with van der Waals surface area (Å²) in [7, 11) is 0. The molecule has 4 nitrogen and oxygen atoms in total. The molecular weight excluding hydrogens is 218 g/mol. The third-order valence-corrected chi connectivity index (χ3v) is 3.65. The van der Waals surface area contributed by atoms with E-state index in [4.69, 9.17) is 9.47 Å². The molecule has 1 saturated heterocycles. The van der Waals surface area contributed by atoms with Gasteiger partial charge in [0.05, 0.1) is 19.8 Å². The Morgan fingerprint density at radius 1 is 1.41 bits per heavy atom. The van der Waals surface area contributed by atoms with Crippen LogP contribution in [0.3, 0.4) is 0 Å². The average Bonchev–Trinajstić information content (AvgIpc) is 2.97. The Bertz CT molecular complexity index is 227. The van der Waals surface area contributed by atoms with E-state index in [0.717, 1.165) is 32.7 Å². The molecule has 0 aromatic heterocycles. The van der Waals surface area contributed by atoms with Gasteiger partial charge in [0.2, 0.25) is 0 Å².